The predicted octanol–water partition coefficient (Wildman–Crippen LogP) is 2.75. The average molecular weight is 345 g/mol. The van der Waals surface area contributed by atoms with Gasteiger partial charge in [0.25, 0.3) is 11.8 Å². The Kier molecular flexibility index (Phi) is 4.76. The highest BCUT2D eigenvalue weighted by molar-refractivity contribution is 7.13. The third-order valence-corrected chi connectivity index (χ3v) is 4.12. The van der Waals surface area contributed by atoms with Gasteiger partial charge < -0.3 is 19.3 Å². The maximum atomic E-state index is 12.3. The summed E-state index contributed by atoms with van der Waals surface area (Å²) in [5.74, 6) is 1.59. The van der Waals surface area contributed by atoms with Crippen LogP contribution < -0.4 is 14.8 Å². The first-order valence-corrected chi connectivity index (χ1v) is 7.96. The summed E-state index contributed by atoms with van der Waals surface area (Å²) in [4.78, 5) is 17.5. The first kappa shape index (κ1) is 16.0. The molecule has 0 bridgehead atoms. The average Bonchev–Trinajstić information content (AvgIpc) is 3.30. The molecule has 1 amide bonds. The number of benzene rings is 1. The van der Waals surface area contributed by atoms with E-state index in [9.17, 15) is 4.79 Å². The van der Waals surface area contributed by atoms with Crippen LogP contribution >= 0.6 is 11.3 Å². The van der Waals surface area contributed by atoms with Crippen LogP contribution in [0.2, 0.25) is 0 Å². The molecule has 3 rings (SSSR count). The van der Waals surface area contributed by atoms with Crippen LogP contribution in [0.5, 0.6) is 11.5 Å². The van der Waals surface area contributed by atoms with Crippen molar-refractivity contribution in [2.75, 3.05) is 14.2 Å². The lowest BCUT2D eigenvalue weighted by Gasteiger charge is -2.09. The van der Waals surface area contributed by atoms with Crippen molar-refractivity contribution in [3.8, 4) is 22.3 Å². The smallest absolute Gasteiger partial charge is 0.268 e. The molecule has 3 aromatic rings. The van der Waals surface area contributed by atoms with Crippen molar-refractivity contribution in [1.29, 1.82) is 0 Å². The van der Waals surface area contributed by atoms with Crippen LogP contribution in [0.1, 0.15) is 16.2 Å². The Morgan fingerprint density at radius 1 is 1.29 bits per heavy atom. The Bertz CT molecular complexity index is 830. The Morgan fingerprint density at radius 2 is 2.17 bits per heavy atom. The van der Waals surface area contributed by atoms with E-state index in [1.165, 1.54) is 18.4 Å². The zero-order chi connectivity index (χ0) is 16.9. The number of nitrogens with one attached hydrogen (secondary N) is 1. The number of carbonyl (C=O) groups excluding carboxylic acids is 1. The van der Waals surface area contributed by atoms with Gasteiger partial charge in [-0.1, -0.05) is 11.2 Å². The topological polar surface area (TPSA) is 86.5 Å². The number of thiophene rings is 1. The Hall–Kier alpha value is -2.87. The van der Waals surface area contributed by atoms with Crippen molar-refractivity contribution < 1.29 is 18.8 Å². The molecule has 1 aromatic carbocycles. The number of ether oxygens (including phenoxy) is 2. The molecule has 0 aliphatic carbocycles. The zero-order valence-corrected chi connectivity index (χ0v) is 13.9. The van der Waals surface area contributed by atoms with Crippen molar-refractivity contribution in [2.24, 2.45) is 0 Å². The predicted molar refractivity (Wildman–Crippen MR) is 88.3 cm³/mol. The molecule has 24 heavy (non-hydrogen) atoms. The summed E-state index contributed by atoms with van der Waals surface area (Å²) < 4.78 is 15.5. The van der Waals surface area contributed by atoms with Crippen LogP contribution in [0.25, 0.3) is 10.8 Å². The molecule has 2 aromatic heterocycles. The fourth-order valence-corrected chi connectivity index (χ4v) is 2.71. The monoisotopic (exact) mass is 345 g/mol. The number of methoxy groups -OCH3 is 2. The molecule has 0 fully saturated rings. The van der Waals surface area contributed by atoms with Gasteiger partial charge in [-0.15, -0.1) is 11.3 Å². The number of carbonyl (C=O) groups is 1. The lowest BCUT2D eigenvalue weighted by Crippen LogP contribution is -2.24. The van der Waals surface area contributed by atoms with Crippen molar-refractivity contribution in [3.05, 3.63) is 47.1 Å². The number of nitrogens with zero attached hydrogens (tertiary/aromatic N) is 2. The molecule has 0 spiro atoms. The van der Waals surface area contributed by atoms with E-state index >= 15 is 0 Å². The summed E-state index contributed by atoms with van der Waals surface area (Å²) in [6.45, 7) is 0.156. The van der Waals surface area contributed by atoms with E-state index in [0.717, 1.165) is 4.88 Å². The molecule has 7 nitrogen and oxygen atoms in total. The minimum atomic E-state index is -0.294. The maximum Gasteiger partial charge on any atom is 0.268 e. The highest BCUT2D eigenvalue weighted by Crippen LogP contribution is 2.25. The Morgan fingerprint density at radius 3 is 2.88 bits per heavy atom. The number of amides is 1. The van der Waals surface area contributed by atoms with E-state index in [1.54, 1.807) is 25.3 Å². The molecule has 0 unspecified atom stereocenters. The normalized spacial score (nSPS) is 10.4. The molecule has 0 saturated heterocycles. The van der Waals surface area contributed by atoms with Gasteiger partial charge in [0, 0.05) is 6.07 Å². The number of hydrogen-bond donors (Lipinski definition) is 1. The van der Waals surface area contributed by atoms with Gasteiger partial charge in [-0.05, 0) is 23.6 Å². The van der Waals surface area contributed by atoms with E-state index < -0.39 is 0 Å². The van der Waals surface area contributed by atoms with Crippen LogP contribution in [0, 0.1) is 0 Å². The third kappa shape index (κ3) is 3.38. The molecule has 1 N–H and O–H groups in total. The fraction of sp³-hybridized carbons (Fsp3) is 0.188. The van der Waals surface area contributed by atoms with Gasteiger partial charge >= 0.3 is 0 Å². The summed E-state index contributed by atoms with van der Waals surface area (Å²) in [7, 11) is 3.05. The summed E-state index contributed by atoms with van der Waals surface area (Å²) in [5.41, 5.74) is 0.403. The first-order chi connectivity index (χ1) is 11.7. The largest absolute Gasteiger partial charge is 0.497 e. The minimum Gasteiger partial charge on any atom is -0.497 e. The van der Waals surface area contributed by atoms with Crippen LogP contribution in [-0.2, 0) is 6.54 Å². The van der Waals surface area contributed by atoms with Crippen LogP contribution in [0.15, 0.2) is 40.2 Å². The molecule has 0 aliphatic heterocycles. The second kappa shape index (κ2) is 7.14. The zero-order valence-electron chi connectivity index (χ0n) is 13.1. The van der Waals surface area contributed by atoms with Gasteiger partial charge in [0.05, 0.1) is 31.2 Å². The molecule has 0 aliphatic rings. The molecule has 124 valence electrons. The van der Waals surface area contributed by atoms with E-state index in [4.69, 9.17) is 14.0 Å². The first-order valence-electron chi connectivity index (χ1n) is 7.08. The summed E-state index contributed by atoms with van der Waals surface area (Å²) in [6, 6.07) is 8.78. The van der Waals surface area contributed by atoms with Crippen molar-refractivity contribution >= 4 is 17.2 Å². The lowest BCUT2D eigenvalue weighted by atomic mass is 10.1. The summed E-state index contributed by atoms with van der Waals surface area (Å²) in [6.07, 6.45) is 0. The number of rotatable bonds is 6. The van der Waals surface area contributed by atoms with Gasteiger partial charge in [0.15, 0.2) is 5.82 Å². The van der Waals surface area contributed by atoms with Crippen LogP contribution in [0.4, 0.5) is 0 Å². The molecule has 2 heterocycles. The third-order valence-electron chi connectivity index (χ3n) is 3.26. The molecule has 0 saturated carbocycles. The lowest BCUT2D eigenvalue weighted by molar-refractivity contribution is 0.0946. The molecule has 8 heteroatoms. The highest BCUT2D eigenvalue weighted by atomic mass is 32.1. The fourth-order valence-electron chi connectivity index (χ4n) is 2.07. The van der Waals surface area contributed by atoms with Gasteiger partial charge in [-0.25, -0.2) is 0 Å². The molecule has 0 atom stereocenters. The summed E-state index contributed by atoms with van der Waals surface area (Å²) >= 11 is 1.51. The Balaban J connectivity index is 1.67. The second-order valence-corrected chi connectivity index (χ2v) is 5.69. The quantitative estimate of drug-likeness (QED) is 0.739. The summed E-state index contributed by atoms with van der Waals surface area (Å²) in [5, 5.41) is 8.53. The van der Waals surface area contributed by atoms with E-state index in [1.807, 2.05) is 17.5 Å². The van der Waals surface area contributed by atoms with Gasteiger partial charge in [-0.3, -0.25) is 4.79 Å². The van der Waals surface area contributed by atoms with E-state index in [2.05, 4.69) is 15.5 Å². The van der Waals surface area contributed by atoms with Crippen molar-refractivity contribution in [2.45, 2.75) is 6.54 Å². The molecule has 0 radical (unpaired) electrons. The Labute approximate surface area is 142 Å². The van der Waals surface area contributed by atoms with Crippen LogP contribution in [-0.4, -0.2) is 30.3 Å². The standard InChI is InChI=1S/C16H15N3O4S/c1-21-10-5-6-11(12(8-10)22-2)15(20)17-9-14-18-16(23-19-14)13-4-3-7-24-13/h3-8H,9H2,1-2H3,(H,17,20). The number of aromatic nitrogens is 2. The van der Waals surface area contributed by atoms with Gasteiger partial charge in [-0.2, -0.15) is 4.98 Å². The van der Waals surface area contributed by atoms with Crippen LogP contribution in [0.3, 0.4) is 0 Å². The maximum absolute atomic E-state index is 12.3. The van der Waals surface area contributed by atoms with Gasteiger partial charge in [0.1, 0.15) is 11.5 Å². The van der Waals surface area contributed by atoms with Crippen molar-refractivity contribution in [1.82, 2.24) is 15.5 Å². The van der Waals surface area contributed by atoms with E-state index in [-0.39, 0.29) is 12.5 Å². The number of hydrogen-bond acceptors (Lipinski definition) is 7. The van der Waals surface area contributed by atoms with Gasteiger partial charge in [0.2, 0.25) is 0 Å². The SMILES string of the molecule is COc1ccc(C(=O)NCc2noc(-c3cccs3)n2)c(OC)c1. The molecular formula is C16H15N3O4S. The van der Waals surface area contributed by atoms with Crippen molar-refractivity contribution in [3.63, 3.8) is 0 Å². The minimum absolute atomic E-state index is 0.156. The van der Waals surface area contributed by atoms with E-state index in [0.29, 0.717) is 28.8 Å². The molecular weight excluding hydrogens is 330 g/mol. The second-order valence-electron chi connectivity index (χ2n) is 4.74. The highest BCUT2D eigenvalue weighted by Gasteiger charge is 2.15.